The minimum absolute atomic E-state index is 0.124. The summed E-state index contributed by atoms with van der Waals surface area (Å²) >= 11 is 0. The number of fused-ring (bicyclic) bond motifs is 1. The van der Waals surface area contributed by atoms with Gasteiger partial charge in [0.25, 0.3) is 0 Å². The maximum absolute atomic E-state index is 12.8. The molecule has 10 heteroatoms. The molecule has 10 nitrogen and oxygen atoms in total. The minimum atomic E-state index is -0.649. The molecule has 2 aromatic heterocycles. The molecule has 2 aromatic carbocycles. The molecule has 0 saturated carbocycles. The number of carbonyl (C=O) groups excluding carboxylic acids is 2. The van der Waals surface area contributed by atoms with Gasteiger partial charge in [-0.2, -0.15) is 9.78 Å². The fourth-order valence-electron chi connectivity index (χ4n) is 4.09. The molecule has 1 atom stereocenters. The van der Waals surface area contributed by atoms with Crippen LogP contribution in [0.2, 0.25) is 0 Å². The first kappa shape index (κ1) is 30.4. The fraction of sp³-hybridized carbons (Fsp3) is 0.375. The highest BCUT2D eigenvalue weighted by molar-refractivity contribution is 5.93. The SMILES string of the molecule is Cc1nn(C(=O)OC(C)(C)C)c2ccc(-c3cccnc3OC(CNC(=O)OC(C)(C)C)COc3ccccc3)cc12. The highest BCUT2D eigenvalue weighted by atomic mass is 16.6. The van der Waals surface area contributed by atoms with E-state index in [0.29, 0.717) is 22.8 Å². The van der Waals surface area contributed by atoms with Crippen molar-refractivity contribution in [3.05, 3.63) is 72.6 Å². The van der Waals surface area contributed by atoms with Crippen molar-refractivity contribution in [2.75, 3.05) is 13.2 Å². The Balaban J connectivity index is 1.60. The number of nitrogens with one attached hydrogen (secondary N) is 1. The van der Waals surface area contributed by atoms with Crippen LogP contribution in [0.3, 0.4) is 0 Å². The Hall–Kier alpha value is -4.60. The number of aryl methyl sites for hydroxylation is 1. The van der Waals surface area contributed by atoms with Gasteiger partial charge in [-0.05, 0) is 90.4 Å². The first-order valence-corrected chi connectivity index (χ1v) is 13.8. The van der Waals surface area contributed by atoms with Crippen LogP contribution in [0.5, 0.6) is 11.6 Å². The second kappa shape index (κ2) is 12.5. The predicted molar refractivity (Wildman–Crippen MR) is 160 cm³/mol. The summed E-state index contributed by atoms with van der Waals surface area (Å²) in [4.78, 5) is 29.6. The molecule has 0 aliphatic heterocycles. The van der Waals surface area contributed by atoms with Crippen molar-refractivity contribution in [2.24, 2.45) is 0 Å². The average molecular weight is 575 g/mol. The van der Waals surface area contributed by atoms with E-state index in [2.05, 4.69) is 15.4 Å². The number of hydrogen-bond acceptors (Lipinski definition) is 8. The van der Waals surface area contributed by atoms with E-state index in [4.69, 9.17) is 18.9 Å². The molecule has 4 aromatic rings. The predicted octanol–water partition coefficient (Wildman–Crippen LogP) is 6.54. The fourth-order valence-corrected chi connectivity index (χ4v) is 4.09. The van der Waals surface area contributed by atoms with Gasteiger partial charge in [0, 0.05) is 17.1 Å². The molecule has 2 heterocycles. The third-order valence-electron chi connectivity index (χ3n) is 5.84. The van der Waals surface area contributed by atoms with E-state index in [1.54, 1.807) is 27.0 Å². The standard InChI is InChI=1S/C32H38N4O6/c1-21-26-18-22(15-16-27(26)36(35-21)30(38)42-32(5,6)7)25-14-11-17-33-28(25)40-24(19-34-29(37)41-31(2,3)4)20-39-23-12-9-8-10-13-23/h8-18,24H,19-20H2,1-7H3,(H,34,37). The molecule has 1 N–H and O–H groups in total. The van der Waals surface area contributed by atoms with Gasteiger partial charge in [0.15, 0.2) is 6.10 Å². The molecule has 0 fully saturated rings. The highest BCUT2D eigenvalue weighted by Gasteiger charge is 2.23. The van der Waals surface area contributed by atoms with Crippen LogP contribution in [0.4, 0.5) is 9.59 Å². The van der Waals surface area contributed by atoms with Gasteiger partial charge in [0.1, 0.15) is 23.6 Å². The maximum atomic E-state index is 12.8. The third kappa shape index (κ3) is 8.22. The summed E-state index contributed by atoms with van der Waals surface area (Å²) in [6.45, 7) is 13.0. The molecule has 1 unspecified atom stereocenters. The molecule has 42 heavy (non-hydrogen) atoms. The number of benzene rings is 2. The number of amides is 1. The Labute approximate surface area is 245 Å². The van der Waals surface area contributed by atoms with Gasteiger partial charge in [-0.15, -0.1) is 0 Å². The minimum Gasteiger partial charge on any atom is -0.490 e. The summed E-state index contributed by atoms with van der Waals surface area (Å²) in [6, 6.07) is 18.7. The normalized spacial score (nSPS) is 12.5. The monoisotopic (exact) mass is 574 g/mol. The summed E-state index contributed by atoms with van der Waals surface area (Å²) in [6.07, 6.45) is -0.0521. The van der Waals surface area contributed by atoms with E-state index in [0.717, 1.165) is 16.5 Å². The van der Waals surface area contributed by atoms with Crippen molar-refractivity contribution >= 4 is 23.1 Å². The molecule has 0 radical (unpaired) electrons. The van der Waals surface area contributed by atoms with Crippen LogP contribution in [0.15, 0.2) is 66.9 Å². The lowest BCUT2D eigenvalue weighted by Gasteiger charge is -2.23. The second-order valence-corrected chi connectivity index (χ2v) is 11.8. The molecule has 0 aliphatic carbocycles. The van der Waals surface area contributed by atoms with Crippen LogP contribution in [0.25, 0.3) is 22.0 Å². The quantitative estimate of drug-likeness (QED) is 0.252. The number of hydrogen-bond donors (Lipinski definition) is 1. The summed E-state index contributed by atoms with van der Waals surface area (Å²) < 4.78 is 24.5. The van der Waals surface area contributed by atoms with Crippen LogP contribution < -0.4 is 14.8 Å². The number of rotatable bonds is 8. The van der Waals surface area contributed by atoms with Gasteiger partial charge < -0.3 is 24.3 Å². The van der Waals surface area contributed by atoms with Crippen molar-refractivity contribution in [1.82, 2.24) is 20.1 Å². The number of aromatic nitrogens is 3. The Bertz CT molecular complexity index is 1540. The first-order chi connectivity index (χ1) is 19.8. The molecule has 0 bridgehead atoms. The molecule has 0 saturated heterocycles. The van der Waals surface area contributed by atoms with Gasteiger partial charge in [-0.25, -0.2) is 14.6 Å². The molecular weight excluding hydrogens is 536 g/mol. The number of pyridine rings is 1. The Morgan fingerprint density at radius 2 is 1.64 bits per heavy atom. The molecule has 4 rings (SSSR count). The summed E-state index contributed by atoms with van der Waals surface area (Å²) in [5.74, 6) is 1.04. The van der Waals surface area contributed by atoms with Crippen LogP contribution >= 0.6 is 0 Å². The molecule has 1 amide bonds. The van der Waals surface area contributed by atoms with Gasteiger partial charge >= 0.3 is 12.2 Å². The van der Waals surface area contributed by atoms with Crippen LogP contribution in [-0.2, 0) is 9.47 Å². The van der Waals surface area contributed by atoms with Gasteiger partial charge in [0.05, 0.1) is 17.8 Å². The Morgan fingerprint density at radius 3 is 2.33 bits per heavy atom. The lowest BCUT2D eigenvalue weighted by molar-refractivity contribution is 0.0477. The molecule has 0 spiro atoms. The van der Waals surface area contributed by atoms with E-state index in [9.17, 15) is 9.59 Å². The molecular formula is C32H38N4O6. The highest BCUT2D eigenvalue weighted by Crippen LogP contribution is 2.32. The van der Waals surface area contributed by atoms with E-state index >= 15 is 0 Å². The summed E-state index contributed by atoms with van der Waals surface area (Å²) in [7, 11) is 0. The molecule has 0 aliphatic rings. The smallest absolute Gasteiger partial charge is 0.435 e. The van der Waals surface area contributed by atoms with Crippen LogP contribution in [0, 0.1) is 6.92 Å². The lowest BCUT2D eigenvalue weighted by atomic mass is 10.0. The van der Waals surface area contributed by atoms with E-state index in [-0.39, 0.29) is 13.2 Å². The van der Waals surface area contributed by atoms with E-state index < -0.39 is 29.5 Å². The van der Waals surface area contributed by atoms with Gasteiger partial charge in [-0.1, -0.05) is 24.3 Å². The van der Waals surface area contributed by atoms with Crippen molar-refractivity contribution in [3.63, 3.8) is 0 Å². The zero-order valence-electron chi connectivity index (χ0n) is 25.1. The van der Waals surface area contributed by atoms with Crippen molar-refractivity contribution in [1.29, 1.82) is 0 Å². The largest absolute Gasteiger partial charge is 0.490 e. The number of ether oxygens (including phenoxy) is 4. The summed E-state index contributed by atoms with van der Waals surface area (Å²) in [5.41, 5.74) is 1.58. The van der Waals surface area contributed by atoms with E-state index in [1.165, 1.54) is 4.68 Å². The number of carbonyl (C=O) groups is 2. The summed E-state index contributed by atoms with van der Waals surface area (Å²) in [5, 5.41) is 7.99. The third-order valence-corrected chi connectivity index (χ3v) is 5.84. The van der Waals surface area contributed by atoms with Gasteiger partial charge in [-0.3, -0.25) is 0 Å². The van der Waals surface area contributed by atoms with Crippen molar-refractivity contribution in [2.45, 2.75) is 65.8 Å². The zero-order chi connectivity index (χ0) is 30.5. The Morgan fingerprint density at radius 1 is 0.929 bits per heavy atom. The number of nitrogens with zero attached hydrogens (tertiary/aromatic N) is 3. The van der Waals surface area contributed by atoms with Crippen LogP contribution in [0.1, 0.15) is 47.2 Å². The maximum Gasteiger partial charge on any atom is 0.435 e. The topological polar surface area (TPSA) is 114 Å². The van der Waals surface area contributed by atoms with E-state index in [1.807, 2.05) is 88.4 Å². The number of alkyl carbamates (subject to hydrolysis) is 1. The number of para-hydroxylation sites is 1. The zero-order valence-corrected chi connectivity index (χ0v) is 25.1. The van der Waals surface area contributed by atoms with Crippen LogP contribution in [-0.4, -0.2) is 57.4 Å². The van der Waals surface area contributed by atoms with Crippen molar-refractivity contribution in [3.8, 4) is 22.8 Å². The second-order valence-electron chi connectivity index (χ2n) is 11.8. The average Bonchev–Trinajstić information content (AvgIpc) is 3.25. The Kier molecular flexibility index (Phi) is 9.04. The van der Waals surface area contributed by atoms with Gasteiger partial charge in [0.2, 0.25) is 5.88 Å². The lowest BCUT2D eigenvalue weighted by Crippen LogP contribution is -2.41. The first-order valence-electron chi connectivity index (χ1n) is 13.8. The molecule has 222 valence electrons. The van der Waals surface area contributed by atoms with Crippen molar-refractivity contribution < 1.29 is 28.5 Å².